The Labute approximate surface area is 117 Å². The van der Waals surface area contributed by atoms with E-state index < -0.39 is 0 Å². The SMILES string of the molecule is CCC1CN(C(=O)c2ccc(F)c(C)c2)CC/C1=N\O. The Bertz CT molecular complexity index is 543. The molecule has 0 radical (unpaired) electrons. The van der Waals surface area contributed by atoms with Gasteiger partial charge >= 0.3 is 0 Å². The molecule has 0 bridgehead atoms. The summed E-state index contributed by atoms with van der Waals surface area (Å²) in [6, 6.07) is 4.42. The van der Waals surface area contributed by atoms with Gasteiger partial charge in [0.15, 0.2) is 0 Å². The van der Waals surface area contributed by atoms with Gasteiger partial charge < -0.3 is 10.1 Å². The van der Waals surface area contributed by atoms with Crippen LogP contribution in [0.1, 0.15) is 35.7 Å². The summed E-state index contributed by atoms with van der Waals surface area (Å²) in [7, 11) is 0. The standard InChI is InChI=1S/C15H19FN2O2/c1-3-11-9-18(7-6-14(11)17-20)15(19)12-4-5-13(16)10(2)8-12/h4-5,8,11,20H,3,6-7,9H2,1-2H3/b17-14+. The van der Waals surface area contributed by atoms with E-state index in [2.05, 4.69) is 5.16 Å². The van der Waals surface area contributed by atoms with Crippen molar-refractivity contribution in [1.82, 2.24) is 4.90 Å². The fourth-order valence-corrected chi connectivity index (χ4v) is 2.56. The van der Waals surface area contributed by atoms with Crippen LogP contribution in [0.2, 0.25) is 0 Å². The summed E-state index contributed by atoms with van der Waals surface area (Å²) in [6.45, 7) is 4.73. The Balaban J connectivity index is 2.15. The van der Waals surface area contributed by atoms with Crippen molar-refractivity contribution < 1.29 is 14.4 Å². The lowest BCUT2D eigenvalue weighted by molar-refractivity contribution is 0.0729. The number of aryl methyl sites for hydroxylation is 1. The molecule has 1 atom stereocenters. The molecule has 0 saturated carbocycles. The van der Waals surface area contributed by atoms with Gasteiger partial charge in [-0.3, -0.25) is 4.79 Å². The van der Waals surface area contributed by atoms with Gasteiger partial charge in [0, 0.05) is 31.0 Å². The lowest BCUT2D eigenvalue weighted by Crippen LogP contribution is -2.44. The number of oxime groups is 1. The van der Waals surface area contributed by atoms with Crippen molar-refractivity contribution in [1.29, 1.82) is 0 Å². The monoisotopic (exact) mass is 278 g/mol. The minimum Gasteiger partial charge on any atom is -0.411 e. The number of likely N-dealkylation sites (tertiary alicyclic amines) is 1. The number of halogens is 1. The highest BCUT2D eigenvalue weighted by atomic mass is 19.1. The third-order valence-corrected chi connectivity index (χ3v) is 3.86. The zero-order chi connectivity index (χ0) is 14.7. The summed E-state index contributed by atoms with van der Waals surface area (Å²) in [6.07, 6.45) is 1.41. The second-order valence-electron chi connectivity index (χ2n) is 5.16. The molecule has 1 heterocycles. The molecule has 0 aliphatic carbocycles. The molecule has 1 fully saturated rings. The lowest BCUT2D eigenvalue weighted by Gasteiger charge is -2.33. The van der Waals surface area contributed by atoms with Crippen molar-refractivity contribution in [3.8, 4) is 0 Å². The number of carbonyl (C=O) groups is 1. The Kier molecular flexibility index (Phi) is 4.37. The number of nitrogens with zero attached hydrogens (tertiary/aromatic N) is 2. The number of carbonyl (C=O) groups excluding carboxylic acids is 1. The molecule has 0 spiro atoms. The van der Waals surface area contributed by atoms with Crippen molar-refractivity contribution in [3.63, 3.8) is 0 Å². The minimum absolute atomic E-state index is 0.0939. The fourth-order valence-electron chi connectivity index (χ4n) is 2.56. The molecule has 1 aliphatic rings. The smallest absolute Gasteiger partial charge is 0.253 e. The molecule has 1 saturated heterocycles. The van der Waals surface area contributed by atoms with E-state index in [0.717, 1.165) is 12.1 Å². The zero-order valence-electron chi connectivity index (χ0n) is 11.8. The van der Waals surface area contributed by atoms with E-state index in [1.807, 2.05) is 6.92 Å². The normalized spacial score (nSPS) is 21.2. The lowest BCUT2D eigenvalue weighted by atomic mass is 9.92. The summed E-state index contributed by atoms with van der Waals surface area (Å²) < 4.78 is 13.2. The van der Waals surface area contributed by atoms with Crippen LogP contribution in [0.5, 0.6) is 0 Å². The van der Waals surface area contributed by atoms with Gasteiger partial charge in [0.1, 0.15) is 5.82 Å². The molecule has 2 rings (SSSR count). The maximum absolute atomic E-state index is 13.2. The van der Waals surface area contributed by atoms with Crippen molar-refractivity contribution >= 4 is 11.6 Å². The molecule has 1 unspecified atom stereocenters. The summed E-state index contributed by atoms with van der Waals surface area (Å²) in [4.78, 5) is 14.2. The van der Waals surface area contributed by atoms with E-state index in [1.165, 1.54) is 12.1 Å². The average molecular weight is 278 g/mol. The Morgan fingerprint density at radius 3 is 2.90 bits per heavy atom. The molecule has 0 aromatic heterocycles. The van der Waals surface area contributed by atoms with Gasteiger partial charge in [0.2, 0.25) is 0 Å². The summed E-state index contributed by atoms with van der Waals surface area (Å²) in [5.74, 6) is -0.302. The van der Waals surface area contributed by atoms with E-state index in [0.29, 0.717) is 30.6 Å². The minimum atomic E-state index is -0.304. The third-order valence-electron chi connectivity index (χ3n) is 3.86. The second-order valence-corrected chi connectivity index (χ2v) is 5.16. The van der Waals surface area contributed by atoms with Crippen LogP contribution in [0.4, 0.5) is 4.39 Å². The number of piperidine rings is 1. The molecule has 5 heteroatoms. The zero-order valence-corrected chi connectivity index (χ0v) is 11.8. The van der Waals surface area contributed by atoms with Crippen LogP contribution >= 0.6 is 0 Å². The van der Waals surface area contributed by atoms with Crippen molar-refractivity contribution in [2.75, 3.05) is 13.1 Å². The van der Waals surface area contributed by atoms with E-state index in [9.17, 15) is 9.18 Å². The maximum atomic E-state index is 13.2. The van der Waals surface area contributed by atoms with Gasteiger partial charge in [-0.25, -0.2) is 4.39 Å². The second kappa shape index (κ2) is 6.03. The molecule has 1 amide bonds. The van der Waals surface area contributed by atoms with E-state index in [4.69, 9.17) is 5.21 Å². The molecular formula is C15H19FN2O2. The topological polar surface area (TPSA) is 52.9 Å². The van der Waals surface area contributed by atoms with Gasteiger partial charge in [-0.1, -0.05) is 12.1 Å². The Morgan fingerprint density at radius 1 is 1.55 bits per heavy atom. The molecular weight excluding hydrogens is 259 g/mol. The molecule has 108 valence electrons. The van der Waals surface area contributed by atoms with Crippen molar-refractivity contribution in [2.24, 2.45) is 11.1 Å². The molecule has 1 N–H and O–H groups in total. The molecule has 20 heavy (non-hydrogen) atoms. The highest BCUT2D eigenvalue weighted by Gasteiger charge is 2.28. The summed E-state index contributed by atoms with van der Waals surface area (Å²) >= 11 is 0. The number of benzene rings is 1. The first-order chi connectivity index (χ1) is 9.56. The molecule has 4 nitrogen and oxygen atoms in total. The van der Waals surface area contributed by atoms with Gasteiger partial charge in [0.25, 0.3) is 5.91 Å². The van der Waals surface area contributed by atoms with Crippen LogP contribution in [0.25, 0.3) is 0 Å². The first-order valence-corrected chi connectivity index (χ1v) is 6.83. The number of amides is 1. The summed E-state index contributed by atoms with van der Waals surface area (Å²) in [5.41, 5.74) is 1.73. The van der Waals surface area contributed by atoms with Crippen LogP contribution in [-0.4, -0.2) is 34.8 Å². The van der Waals surface area contributed by atoms with Crippen molar-refractivity contribution in [2.45, 2.75) is 26.7 Å². The van der Waals surface area contributed by atoms with Gasteiger partial charge in [-0.2, -0.15) is 0 Å². The Hall–Kier alpha value is -1.91. The van der Waals surface area contributed by atoms with E-state index >= 15 is 0 Å². The number of rotatable bonds is 2. The van der Waals surface area contributed by atoms with E-state index in [-0.39, 0.29) is 17.6 Å². The highest BCUT2D eigenvalue weighted by molar-refractivity contribution is 5.96. The molecule has 1 aromatic carbocycles. The fraction of sp³-hybridized carbons (Fsp3) is 0.467. The van der Waals surface area contributed by atoms with Crippen LogP contribution in [0.15, 0.2) is 23.4 Å². The van der Waals surface area contributed by atoms with Gasteiger partial charge in [0.05, 0.1) is 5.71 Å². The quantitative estimate of drug-likeness (QED) is 0.668. The van der Waals surface area contributed by atoms with Crippen LogP contribution in [0, 0.1) is 18.7 Å². The van der Waals surface area contributed by atoms with Crippen molar-refractivity contribution in [3.05, 3.63) is 35.1 Å². The van der Waals surface area contributed by atoms with Crippen LogP contribution in [-0.2, 0) is 0 Å². The first kappa shape index (κ1) is 14.5. The van der Waals surface area contributed by atoms with Crippen LogP contribution in [0.3, 0.4) is 0 Å². The molecule has 1 aromatic rings. The predicted octanol–water partition coefficient (Wildman–Crippen LogP) is 2.84. The number of hydrogen-bond donors (Lipinski definition) is 1. The third kappa shape index (κ3) is 2.81. The first-order valence-electron chi connectivity index (χ1n) is 6.83. The average Bonchev–Trinajstić information content (AvgIpc) is 2.48. The van der Waals surface area contributed by atoms with Gasteiger partial charge in [-0.05, 0) is 37.1 Å². The van der Waals surface area contributed by atoms with Gasteiger partial charge in [-0.15, -0.1) is 0 Å². The van der Waals surface area contributed by atoms with Crippen LogP contribution < -0.4 is 0 Å². The number of hydrogen-bond acceptors (Lipinski definition) is 3. The highest BCUT2D eigenvalue weighted by Crippen LogP contribution is 2.20. The maximum Gasteiger partial charge on any atom is 0.253 e. The summed E-state index contributed by atoms with van der Waals surface area (Å²) in [5, 5.41) is 12.3. The Morgan fingerprint density at radius 2 is 2.30 bits per heavy atom. The largest absolute Gasteiger partial charge is 0.411 e. The predicted molar refractivity (Wildman–Crippen MR) is 74.7 cm³/mol. The van der Waals surface area contributed by atoms with E-state index in [1.54, 1.807) is 17.9 Å². The molecule has 1 aliphatic heterocycles.